The lowest BCUT2D eigenvalue weighted by Crippen LogP contribution is -2.41. The lowest BCUT2D eigenvalue weighted by molar-refractivity contribution is -0.171. The van der Waals surface area contributed by atoms with E-state index in [1.54, 1.807) is 6.92 Å². The standard InChI is InChI=1S/C9H11BrO4/c1-3-13-8(12)9(5-10)4-6(2)7(11)14-9/h2-5H2,1H3. The molecular formula is C9H11BrO4. The van der Waals surface area contributed by atoms with Crippen LogP contribution in [0.4, 0.5) is 0 Å². The summed E-state index contributed by atoms with van der Waals surface area (Å²) in [6.07, 6.45) is 0.190. The van der Waals surface area contributed by atoms with Gasteiger partial charge in [0.2, 0.25) is 5.60 Å². The molecule has 0 saturated carbocycles. The van der Waals surface area contributed by atoms with E-state index in [2.05, 4.69) is 22.5 Å². The van der Waals surface area contributed by atoms with Crippen LogP contribution in [0.25, 0.3) is 0 Å². The Balaban J connectivity index is 2.84. The van der Waals surface area contributed by atoms with Crippen molar-refractivity contribution in [2.45, 2.75) is 18.9 Å². The van der Waals surface area contributed by atoms with Crippen LogP contribution in [-0.2, 0) is 19.1 Å². The fourth-order valence-electron chi connectivity index (χ4n) is 1.21. The minimum absolute atomic E-state index is 0.190. The number of cyclic esters (lactones) is 1. The molecule has 0 N–H and O–H groups in total. The SMILES string of the molecule is C=C1CC(CBr)(C(=O)OCC)OC1=O. The van der Waals surface area contributed by atoms with Gasteiger partial charge in [0.1, 0.15) is 0 Å². The molecule has 0 amide bonds. The molecule has 1 atom stereocenters. The van der Waals surface area contributed by atoms with E-state index >= 15 is 0 Å². The number of carbonyl (C=O) groups is 2. The lowest BCUT2D eigenvalue weighted by atomic mass is 10.0. The molecule has 0 aromatic rings. The highest BCUT2D eigenvalue weighted by Crippen LogP contribution is 2.32. The van der Waals surface area contributed by atoms with Crippen LogP contribution >= 0.6 is 15.9 Å². The van der Waals surface area contributed by atoms with Gasteiger partial charge in [0.25, 0.3) is 0 Å². The van der Waals surface area contributed by atoms with Crippen molar-refractivity contribution in [3.63, 3.8) is 0 Å². The van der Waals surface area contributed by atoms with Crippen molar-refractivity contribution in [2.24, 2.45) is 0 Å². The molecule has 1 unspecified atom stereocenters. The molecule has 0 aromatic heterocycles. The van der Waals surface area contributed by atoms with Crippen LogP contribution in [0.3, 0.4) is 0 Å². The van der Waals surface area contributed by atoms with Gasteiger partial charge >= 0.3 is 11.9 Å². The molecule has 0 radical (unpaired) electrons. The van der Waals surface area contributed by atoms with Gasteiger partial charge in [-0.2, -0.15) is 0 Å². The number of hydrogen-bond donors (Lipinski definition) is 0. The maximum absolute atomic E-state index is 11.5. The van der Waals surface area contributed by atoms with E-state index in [0.29, 0.717) is 5.57 Å². The maximum Gasteiger partial charge on any atom is 0.351 e. The molecule has 0 spiro atoms. The van der Waals surface area contributed by atoms with Crippen molar-refractivity contribution in [1.29, 1.82) is 0 Å². The molecule has 5 heteroatoms. The molecule has 1 heterocycles. The van der Waals surface area contributed by atoms with E-state index < -0.39 is 17.5 Å². The van der Waals surface area contributed by atoms with Crippen LogP contribution in [0, 0.1) is 0 Å². The number of esters is 2. The summed E-state index contributed by atoms with van der Waals surface area (Å²) in [6, 6.07) is 0. The van der Waals surface area contributed by atoms with Crippen molar-refractivity contribution >= 4 is 27.9 Å². The fraction of sp³-hybridized carbons (Fsp3) is 0.556. The van der Waals surface area contributed by atoms with E-state index in [4.69, 9.17) is 9.47 Å². The third-order valence-corrected chi connectivity index (χ3v) is 2.84. The highest BCUT2D eigenvalue weighted by molar-refractivity contribution is 9.09. The van der Waals surface area contributed by atoms with Gasteiger partial charge in [0.05, 0.1) is 11.9 Å². The van der Waals surface area contributed by atoms with Gasteiger partial charge in [0, 0.05) is 12.0 Å². The number of hydrogen-bond acceptors (Lipinski definition) is 4. The van der Waals surface area contributed by atoms with Crippen LogP contribution in [0.2, 0.25) is 0 Å². The second kappa shape index (κ2) is 4.13. The Bertz CT molecular complexity index is 269. The molecule has 4 nitrogen and oxygen atoms in total. The Morgan fingerprint density at radius 1 is 1.79 bits per heavy atom. The Labute approximate surface area is 90.4 Å². The Morgan fingerprint density at radius 3 is 2.79 bits per heavy atom. The topological polar surface area (TPSA) is 52.6 Å². The first kappa shape index (κ1) is 11.2. The summed E-state index contributed by atoms with van der Waals surface area (Å²) in [7, 11) is 0. The van der Waals surface area contributed by atoms with E-state index in [0.717, 1.165) is 0 Å². The number of rotatable bonds is 3. The fourth-order valence-corrected chi connectivity index (χ4v) is 1.75. The highest BCUT2D eigenvalue weighted by atomic mass is 79.9. The molecule has 0 aromatic carbocycles. The van der Waals surface area contributed by atoms with Crippen molar-refractivity contribution in [1.82, 2.24) is 0 Å². The molecule has 14 heavy (non-hydrogen) atoms. The number of alkyl halides is 1. The molecule has 1 rings (SSSR count). The lowest BCUT2D eigenvalue weighted by Gasteiger charge is -2.21. The Hall–Kier alpha value is -0.840. The predicted octanol–water partition coefficient (Wildman–Crippen LogP) is 1.19. The van der Waals surface area contributed by atoms with E-state index in [-0.39, 0.29) is 18.4 Å². The summed E-state index contributed by atoms with van der Waals surface area (Å²) < 4.78 is 9.79. The summed E-state index contributed by atoms with van der Waals surface area (Å²) in [6.45, 7) is 5.48. The second-order valence-corrected chi connectivity index (χ2v) is 3.58. The molecule has 1 aliphatic heterocycles. The van der Waals surface area contributed by atoms with Crippen LogP contribution in [0.15, 0.2) is 12.2 Å². The van der Waals surface area contributed by atoms with Crippen molar-refractivity contribution in [2.75, 3.05) is 11.9 Å². The molecule has 0 aliphatic carbocycles. The van der Waals surface area contributed by atoms with Crippen molar-refractivity contribution < 1.29 is 19.1 Å². The summed E-state index contributed by atoms with van der Waals surface area (Å²) in [5, 5.41) is 0.226. The summed E-state index contributed by atoms with van der Waals surface area (Å²) >= 11 is 3.14. The third-order valence-electron chi connectivity index (χ3n) is 1.94. The highest BCUT2D eigenvalue weighted by Gasteiger charge is 2.49. The summed E-state index contributed by atoms with van der Waals surface area (Å²) in [5.41, 5.74) is -0.901. The van der Waals surface area contributed by atoms with Gasteiger partial charge < -0.3 is 9.47 Å². The van der Waals surface area contributed by atoms with E-state index in [1.165, 1.54) is 0 Å². The molecular weight excluding hydrogens is 252 g/mol. The number of carbonyl (C=O) groups excluding carboxylic acids is 2. The Kier molecular flexibility index (Phi) is 3.31. The van der Waals surface area contributed by atoms with Gasteiger partial charge in [-0.3, -0.25) is 0 Å². The largest absolute Gasteiger partial charge is 0.463 e. The van der Waals surface area contributed by atoms with Gasteiger partial charge in [-0.15, -0.1) is 0 Å². The zero-order chi connectivity index (χ0) is 10.8. The first-order chi connectivity index (χ1) is 6.55. The minimum atomic E-state index is -1.20. The van der Waals surface area contributed by atoms with Crippen molar-refractivity contribution in [3.05, 3.63) is 12.2 Å². The number of ether oxygens (including phenoxy) is 2. The monoisotopic (exact) mass is 262 g/mol. The average molecular weight is 263 g/mol. The summed E-state index contributed by atoms with van der Waals surface area (Å²) in [5.74, 6) is -1.05. The van der Waals surface area contributed by atoms with E-state index in [9.17, 15) is 9.59 Å². The quantitative estimate of drug-likeness (QED) is 0.436. The molecule has 78 valence electrons. The maximum atomic E-state index is 11.5. The predicted molar refractivity (Wildman–Crippen MR) is 53.0 cm³/mol. The smallest absolute Gasteiger partial charge is 0.351 e. The molecule has 1 saturated heterocycles. The van der Waals surface area contributed by atoms with Crippen LogP contribution in [-0.4, -0.2) is 29.5 Å². The minimum Gasteiger partial charge on any atom is -0.463 e. The normalized spacial score (nSPS) is 26.1. The summed E-state index contributed by atoms with van der Waals surface area (Å²) in [4.78, 5) is 22.6. The molecule has 1 aliphatic rings. The average Bonchev–Trinajstić information content (AvgIpc) is 2.44. The first-order valence-electron chi connectivity index (χ1n) is 4.20. The third kappa shape index (κ3) is 1.82. The second-order valence-electron chi connectivity index (χ2n) is 3.02. The molecule has 0 bridgehead atoms. The van der Waals surface area contributed by atoms with Gasteiger partial charge in [-0.25, -0.2) is 9.59 Å². The van der Waals surface area contributed by atoms with E-state index in [1.807, 2.05) is 0 Å². The van der Waals surface area contributed by atoms with Crippen LogP contribution in [0.1, 0.15) is 13.3 Å². The number of halogens is 1. The van der Waals surface area contributed by atoms with Crippen LogP contribution in [0.5, 0.6) is 0 Å². The van der Waals surface area contributed by atoms with Gasteiger partial charge in [0.15, 0.2) is 0 Å². The van der Waals surface area contributed by atoms with Gasteiger partial charge in [-0.1, -0.05) is 22.5 Å². The van der Waals surface area contributed by atoms with Crippen LogP contribution < -0.4 is 0 Å². The van der Waals surface area contributed by atoms with Crippen molar-refractivity contribution in [3.8, 4) is 0 Å². The molecule has 1 fully saturated rings. The Morgan fingerprint density at radius 2 is 2.43 bits per heavy atom. The van der Waals surface area contributed by atoms with Gasteiger partial charge in [-0.05, 0) is 6.92 Å². The zero-order valence-corrected chi connectivity index (χ0v) is 9.43. The zero-order valence-electron chi connectivity index (χ0n) is 7.84. The first-order valence-corrected chi connectivity index (χ1v) is 5.32.